The molecule has 0 aromatic carbocycles. The molecular weight excluding hydrogens is 232 g/mol. The van der Waals surface area contributed by atoms with Crippen molar-refractivity contribution in [3.8, 4) is 0 Å². The molecule has 0 aromatic rings. The number of hydrogen-bond donors (Lipinski definition) is 2. The number of carbonyl (C=O) groups is 2. The zero-order chi connectivity index (χ0) is 13.7. The zero-order valence-electron chi connectivity index (χ0n) is 11.5. The fourth-order valence-electron chi connectivity index (χ4n) is 2.46. The Morgan fingerprint density at radius 2 is 1.89 bits per heavy atom. The molecule has 18 heavy (non-hydrogen) atoms. The van der Waals surface area contributed by atoms with Crippen LogP contribution in [0, 0.1) is 11.8 Å². The van der Waals surface area contributed by atoms with Crippen molar-refractivity contribution in [3.05, 3.63) is 0 Å². The summed E-state index contributed by atoms with van der Waals surface area (Å²) in [7, 11) is 0. The summed E-state index contributed by atoms with van der Waals surface area (Å²) in [6.07, 6.45) is 2.21. The minimum atomic E-state index is -1.00. The van der Waals surface area contributed by atoms with Crippen LogP contribution in [0.5, 0.6) is 0 Å². The van der Waals surface area contributed by atoms with E-state index in [1.165, 1.54) is 0 Å². The topological polar surface area (TPSA) is 69.6 Å². The molecule has 1 atom stereocenters. The van der Waals surface area contributed by atoms with Crippen molar-refractivity contribution in [1.29, 1.82) is 0 Å². The molecule has 1 fully saturated rings. The number of amides is 1. The summed E-state index contributed by atoms with van der Waals surface area (Å²) in [4.78, 5) is 24.7. The number of carboxylic acid groups (broad SMARTS) is 1. The van der Waals surface area contributed by atoms with Crippen molar-refractivity contribution in [1.82, 2.24) is 10.2 Å². The first-order valence-corrected chi connectivity index (χ1v) is 6.65. The lowest BCUT2D eigenvalue weighted by atomic mass is 9.94. The molecule has 0 spiro atoms. The minimum absolute atomic E-state index is 0.165. The Bertz CT molecular complexity index is 297. The van der Waals surface area contributed by atoms with Crippen LogP contribution in [0.4, 0.5) is 0 Å². The van der Waals surface area contributed by atoms with Crippen molar-refractivity contribution in [2.24, 2.45) is 11.8 Å². The zero-order valence-corrected chi connectivity index (χ0v) is 11.5. The largest absolute Gasteiger partial charge is 0.480 e. The molecule has 0 radical (unpaired) electrons. The third-order valence-electron chi connectivity index (χ3n) is 3.53. The summed E-state index contributed by atoms with van der Waals surface area (Å²) in [5.74, 6) is -0.261. The molecule has 1 saturated heterocycles. The van der Waals surface area contributed by atoms with Gasteiger partial charge in [0.25, 0.3) is 0 Å². The maximum absolute atomic E-state index is 12.1. The molecule has 5 heteroatoms. The average Bonchev–Trinajstić information content (AvgIpc) is 2.29. The summed E-state index contributed by atoms with van der Waals surface area (Å²) in [5.41, 5.74) is 0. The molecule has 0 bridgehead atoms. The number of nitrogens with one attached hydrogen (secondary N) is 1. The number of piperidine rings is 1. The highest BCUT2D eigenvalue weighted by Gasteiger charge is 2.31. The summed E-state index contributed by atoms with van der Waals surface area (Å²) in [6, 6.07) is -0.211. The van der Waals surface area contributed by atoms with E-state index in [2.05, 4.69) is 17.1 Å². The molecule has 2 N–H and O–H groups in total. The second kappa shape index (κ2) is 6.73. The van der Waals surface area contributed by atoms with Crippen LogP contribution in [-0.2, 0) is 9.59 Å². The fraction of sp³-hybridized carbons (Fsp3) is 0.846. The maximum atomic E-state index is 12.1. The van der Waals surface area contributed by atoms with Gasteiger partial charge in [-0.15, -0.1) is 0 Å². The van der Waals surface area contributed by atoms with Gasteiger partial charge in [-0.3, -0.25) is 14.5 Å². The van der Waals surface area contributed by atoms with E-state index >= 15 is 0 Å². The molecule has 1 aliphatic heterocycles. The maximum Gasteiger partial charge on any atom is 0.322 e. The number of likely N-dealkylation sites (tertiary alicyclic amines) is 1. The van der Waals surface area contributed by atoms with E-state index in [4.69, 9.17) is 5.11 Å². The number of hydrogen-bond acceptors (Lipinski definition) is 3. The standard InChI is InChI=1S/C13H24N2O3/c1-9(2)12(13(18)14-8-11(16)17)15-6-4-10(3)5-7-15/h9-10,12H,4-8H2,1-3H3,(H,14,18)(H,16,17). The van der Waals surface area contributed by atoms with Crippen LogP contribution < -0.4 is 5.32 Å². The molecule has 1 rings (SSSR count). The van der Waals surface area contributed by atoms with Crippen molar-refractivity contribution in [2.45, 2.75) is 39.7 Å². The second-order valence-electron chi connectivity index (χ2n) is 5.52. The monoisotopic (exact) mass is 256 g/mol. The van der Waals surface area contributed by atoms with E-state index in [1.807, 2.05) is 13.8 Å². The van der Waals surface area contributed by atoms with Gasteiger partial charge in [0.2, 0.25) is 5.91 Å². The van der Waals surface area contributed by atoms with Gasteiger partial charge in [-0.2, -0.15) is 0 Å². The summed E-state index contributed by atoms with van der Waals surface area (Å²) < 4.78 is 0. The molecule has 0 aromatic heterocycles. The van der Waals surface area contributed by atoms with Crippen LogP contribution in [0.3, 0.4) is 0 Å². The van der Waals surface area contributed by atoms with E-state index in [1.54, 1.807) is 0 Å². The van der Waals surface area contributed by atoms with Gasteiger partial charge in [0, 0.05) is 0 Å². The first-order chi connectivity index (χ1) is 8.41. The molecule has 1 amide bonds. The SMILES string of the molecule is CC1CCN(C(C(=O)NCC(=O)O)C(C)C)CC1. The highest BCUT2D eigenvalue weighted by molar-refractivity contribution is 5.85. The van der Waals surface area contributed by atoms with Gasteiger partial charge in [0.1, 0.15) is 6.54 Å². The molecule has 5 nitrogen and oxygen atoms in total. The van der Waals surface area contributed by atoms with E-state index in [-0.39, 0.29) is 24.4 Å². The van der Waals surface area contributed by atoms with Gasteiger partial charge in [0.15, 0.2) is 0 Å². The lowest BCUT2D eigenvalue weighted by Crippen LogP contribution is -2.52. The average molecular weight is 256 g/mol. The minimum Gasteiger partial charge on any atom is -0.480 e. The van der Waals surface area contributed by atoms with Gasteiger partial charge >= 0.3 is 5.97 Å². The number of carboxylic acids is 1. The van der Waals surface area contributed by atoms with Crippen LogP contribution >= 0.6 is 0 Å². The van der Waals surface area contributed by atoms with Gasteiger partial charge < -0.3 is 10.4 Å². The van der Waals surface area contributed by atoms with Crippen molar-refractivity contribution in [2.75, 3.05) is 19.6 Å². The molecule has 0 saturated carbocycles. The second-order valence-corrected chi connectivity index (χ2v) is 5.52. The van der Waals surface area contributed by atoms with Gasteiger partial charge in [-0.05, 0) is 37.8 Å². The lowest BCUT2D eigenvalue weighted by molar-refractivity contribution is -0.139. The van der Waals surface area contributed by atoms with Crippen molar-refractivity contribution >= 4 is 11.9 Å². The van der Waals surface area contributed by atoms with Gasteiger partial charge in [-0.25, -0.2) is 0 Å². The third-order valence-corrected chi connectivity index (χ3v) is 3.53. The normalized spacial score (nSPS) is 19.8. The van der Waals surface area contributed by atoms with Crippen LogP contribution in [0.2, 0.25) is 0 Å². The fourth-order valence-corrected chi connectivity index (χ4v) is 2.46. The van der Waals surface area contributed by atoms with E-state index < -0.39 is 5.97 Å². The number of aliphatic carboxylic acids is 1. The summed E-state index contributed by atoms with van der Waals surface area (Å²) in [5, 5.41) is 11.1. The Kier molecular flexibility index (Phi) is 5.59. The van der Waals surface area contributed by atoms with Crippen LogP contribution in [0.25, 0.3) is 0 Å². The van der Waals surface area contributed by atoms with Crippen LogP contribution in [0.1, 0.15) is 33.6 Å². The Morgan fingerprint density at radius 1 is 1.33 bits per heavy atom. The highest BCUT2D eigenvalue weighted by Crippen LogP contribution is 2.21. The van der Waals surface area contributed by atoms with Crippen LogP contribution in [-0.4, -0.2) is 47.6 Å². The Hall–Kier alpha value is -1.10. The Labute approximate surface area is 109 Å². The Balaban J connectivity index is 2.58. The smallest absolute Gasteiger partial charge is 0.322 e. The highest BCUT2D eigenvalue weighted by atomic mass is 16.4. The number of nitrogens with zero attached hydrogens (tertiary/aromatic N) is 1. The number of rotatable bonds is 5. The molecule has 1 unspecified atom stereocenters. The molecule has 1 aliphatic rings. The van der Waals surface area contributed by atoms with E-state index in [9.17, 15) is 9.59 Å². The lowest BCUT2D eigenvalue weighted by Gasteiger charge is -2.37. The number of carbonyl (C=O) groups excluding carboxylic acids is 1. The van der Waals surface area contributed by atoms with Gasteiger partial charge in [-0.1, -0.05) is 20.8 Å². The van der Waals surface area contributed by atoms with Crippen molar-refractivity contribution in [3.63, 3.8) is 0 Å². The third kappa shape index (κ3) is 4.29. The molecule has 0 aliphatic carbocycles. The van der Waals surface area contributed by atoms with Crippen molar-refractivity contribution < 1.29 is 14.7 Å². The first kappa shape index (κ1) is 15.0. The summed E-state index contributed by atoms with van der Waals surface area (Å²) >= 11 is 0. The molecular formula is C13H24N2O3. The quantitative estimate of drug-likeness (QED) is 0.768. The van der Waals surface area contributed by atoms with Gasteiger partial charge in [0.05, 0.1) is 6.04 Å². The summed E-state index contributed by atoms with van der Waals surface area (Å²) in [6.45, 7) is 7.78. The molecule has 104 valence electrons. The van der Waals surface area contributed by atoms with Crippen LogP contribution in [0.15, 0.2) is 0 Å². The first-order valence-electron chi connectivity index (χ1n) is 6.65. The molecule has 1 heterocycles. The predicted octanol–water partition coefficient (Wildman–Crippen LogP) is 0.944. The van der Waals surface area contributed by atoms with E-state index in [0.29, 0.717) is 0 Å². The Morgan fingerprint density at radius 3 is 2.33 bits per heavy atom. The van der Waals surface area contributed by atoms with E-state index in [0.717, 1.165) is 31.8 Å². The predicted molar refractivity (Wildman–Crippen MR) is 69.2 cm³/mol.